The minimum Gasteiger partial charge on any atom is -0.464 e. The van der Waals surface area contributed by atoms with Gasteiger partial charge in [-0.05, 0) is 26.7 Å². The average molecular weight is 308 g/mol. The summed E-state index contributed by atoms with van der Waals surface area (Å²) < 4.78 is 5.23. The van der Waals surface area contributed by atoms with E-state index >= 15 is 0 Å². The van der Waals surface area contributed by atoms with Crippen molar-refractivity contribution < 1.29 is 19.1 Å². The summed E-state index contributed by atoms with van der Waals surface area (Å²) in [5.74, 6) is -0.607. The molecule has 22 heavy (non-hydrogen) atoms. The SMILES string of the molecule is CCCN1C(=O)CCC2(C(=O)OCC)CC(C)=CCN2C1=O. The van der Waals surface area contributed by atoms with Crippen LogP contribution in [0.25, 0.3) is 0 Å². The van der Waals surface area contributed by atoms with Gasteiger partial charge < -0.3 is 9.64 Å². The molecule has 0 N–H and O–H groups in total. The van der Waals surface area contributed by atoms with Crippen LogP contribution in [0.15, 0.2) is 11.6 Å². The van der Waals surface area contributed by atoms with Crippen LogP contribution < -0.4 is 0 Å². The van der Waals surface area contributed by atoms with Crippen molar-refractivity contribution in [1.82, 2.24) is 9.80 Å². The van der Waals surface area contributed by atoms with Crippen molar-refractivity contribution in [2.45, 2.75) is 52.0 Å². The second-order valence-electron chi connectivity index (χ2n) is 5.92. The lowest BCUT2D eigenvalue weighted by molar-refractivity contribution is -0.156. The van der Waals surface area contributed by atoms with Gasteiger partial charge in [0.1, 0.15) is 5.54 Å². The predicted molar refractivity (Wildman–Crippen MR) is 81.1 cm³/mol. The third-order valence-electron chi connectivity index (χ3n) is 4.33. The van der Waals surface area contributed by atoms with Gasteiger partial charge in [0, 0.05) is 25.9 Å². The summed E-state index contributed by atoms with van der Waals surface area (Å²) in [5.41, 5.74) is 0.0119. The van der Waals surface area contributed by atoms with Crippen molar-refractivity contribution in [1.29, 1.82) is 0 Å². The zero-order chi connectivity index (χ0) is 16.3. The van der Waals surface area contributed by atoms with Crippen molar-refractivity contribution in [3.63, 3.8) is 0 Å². The Balaban J connectivity index is 2.43. The molecule has 0 bridgehead atoms. The molecule has 2 aliphatic heterocycles. The van der Waals surface area contributed by atoms with E-state index in [4.69, 9.17) is 4.74 Å². The van der Waals surface area contributed by atoms with Crippen LogP contribution in [0.5, 0.6) is 0 Å². The highest BCUT2D eigenvalue weighted by molar-refractivity contribution is 5.99. The second kappa shape index (κ2) is 6.50. The number of urea groups is 1. The Bertz CT molecular complexity index is 514. The van der Waals surface area contributed by atoms with E-state index < -0.39 is 11.5 Å². The van der Waals surface area contributed by atoms with E-state index in [1.54, 1.807) is 6.92 Å². The summed E-state index contributed by atoms with van der Waals surface area (Å²) in [7, 11) is 0. The van der Waals surface area contributed by atoms with Gasteiger partial charge in [-0.15, -0.1) is 0 Å². The molecule has 0 spiro atoms. The van der Waals surface area contributed by atoms with Crippen LogP contribution in [-0.4, -0.2) is 52.9 Å². The molecular formula is C16H24N2O4. The smallest absolute Gasteiger partial charge is 0.332 e. The number of esters is 1. The minimum atomic E-state index is -1.04. The molecule has 2 aliphatic rings. The van der Waals surface area contributed by atoms with Crippen LogP contribution >= 0.6 is 0 Å². The van der Waals surface area contributed by atoms with Crippen LogP contribution in [0.1, 0.15) is 46.5 Å². The Morgan fingerprint density at radius 2 is 2.09 bits per heavy atom. The number of carbonyl (C=O) groups is 3. The fourth-order valence-corrected chi connectivity index (χ4v) is 3.23. The number of fused-ring (bicyclic) bond motifs is 1. The Labute approximate surface area is 131 Å². The molecular weight excluding hydrogens is 284 g/mol. The fraction of sp³-hybridized carbons (Fsp3) is 0.688. The molecule has 6 heteroatoms. The number of carbonyl (C=O) groups excluding carboxylic acids is 3. The van der Waals surface area contributed by atoms with Gasteiger partial charge in [-0.1, -0.05) is 18.6 Å². The Kier molecular flexibility index (Phi) is 4.88. The maximum absolute atomic E-state index is 12.8. The maximum Gasteiger partial charge on any atom is 0.332 e. The molecule has 122 valence electrons. The van der Waals surface area contributed by atoms with E-state index in [1.165, 1.54) is 9.80 Å². The lowest BCUT2D eigenvalue weighted by Crippen LogP contribution is -2.60. The molecule has 2 rings (SSSR count). The number of nitrogens with zero attached hydrogens (tertiary/aromatic N) is 2. The molecule has 6 nitrogen and oxygen atoms in total. The minimum absolute atomic E-state index is 0.189. The third-order valence-corrected chi connectivity index (χ3v) is 4.33. The van der Waals surface area contributed by atoms with Gasteiger partial charge in [0.25, 0.3) is 0 Å². The number of ether oxygens (including phenoxy) is 1. The molecule has 0 aromatic carbocycles. The van der Waals surface area contributed by atoms with Gasteiger partial charge in [-0.3, -0.25) is 9.69 Å². The molecule has 2 heterocycles. The largest absolute Gasteiger partial charge is 0.464 e. The lowest BCUT2D eigenvalue weighted by Gasteiger charge is -2.43. The summed E-state index contributed by atoms with van der Waals surface area (Å²) >= 11 is 0. The maximum atomic E-state index is 12.8. The molecule has 1 fully saturated rings. The first-order chi connectivity index (χ1) is 10.5. The monoisotopic (exact) mass is 308 g/mol. The van der Waals surface area contributed by atoms with Crippen molar-refractivity contribution >= 4 is 17.9 Å². The quantitative estimate of drug-likeness (QED) is 0.589. The highest BCUT2D eigenvalue weighted by atomic mass is 16.5. The molecule has 1 saturated heterocycles. The van der Waals surface area contributed by atoms with Crippen LogP contribution in [0.3, 0.4) is 0 Å². The average Bonchev–Trinajstić information content (AvgIpc) is 2.58. The Morgan fingerprint density at radius 3 is 2.73 bits per heavy atom. The van der Waals surface area contributed by atoms with E-state index in [2.05, 4.69) is 0 Å². The summed E-state index contributed by atoms with van der Waals surface area (Å²) in [6.45, 7) is 6.60. The highest BCUT2D eigenvalue weighted by Crippen LogP contribution is 2.37. The standard InChI is InChI=1S/C16H24N2O4/c1-4-9-17-13(19)6-8-16(14(20)22-5-2)11-12(3)7-10-18(16)15(17)21/h7H,4-6,8-11H2,1-3H3. The number of hydrogen-bond donors (Lipinski definition) is 0. The molecule has 0 saturated carbocycles. The van der Waals surface area contributed by atoms with E-state index in [0.29, 0.717) is 32.4 Å². The first-order valence-electron chi connectivity index (χ1n) is 7.91. The third kappa shape index (κ3) is 2.74. The molecule has 0 aromatic heterocycles. The van der Waals surface area contributed by atoms with Gasteiger partial charge in [-0.2, -0.15) is 0 Å². The summed E-state index contributed by atoms with van der Waals surface area (Å²) in [5, 5.41) is 0. The summed E-state index contributed by atoms with van der Waals surface area (Å²) in [6, 6.07) is -0.374. The van der Waals surface area contributed by atoms with Crippen LogP contribution in [0, 0.1) is 0 Å². The lowest BCUT2D eigenvalue weighted by atomic mass is 9.82. The second-order valence-corrected chi connectivity index (χ2v) is 5.92. The number of amides is 3. The fourth-order valence-electron chi connectivity index (χ4n) is 3.23. The van der Waals surface area contributed by atoms with Crippen LogP contribution in [-0.2, 0) is 14.3 Å². The zero-order valence-electron chi connectivity index (χ0n) is 13.6. The Morgan fingerprint density at radius 1 is 1.36 bits per heavy atom. The normalized spacial score (nSPS) is 25.5. The van der Waals surface area contributed by atoms with E-state index in [9.17, 15) is 14.4 Å². The summed E-state index contributed by atoms with van der Waals surface area (Å²) in [6.07, 6.45) is 3.59. The number of hydrogen-bond acceptors (Lipinski definition) is 4. The van der Waals surface area contributed by atoms with E-state index in [0.717, 1.165) is 5.57 Å². The first-order valence-corrected chi connectivity index (χ1v) is 7.91. The van der Waals surface area contributed by atoms with E-state index in [1.807, 2.05) is 19.9 Å². The molecule has 0 radical (unpaired) electrons. The van der Waals surface area contributed by atoms with E-state index in [-0.39, 0.29) is 25.0 Å². The number of imide groups is 1. The van der Waals surface area contributed by atoms with Gasteiger partial charge in [0.2, 0.25) is 5.91 Å². The summed E-state index contributed by atoms with van der Waals surface area (Å²) in [4.78, 5) is 40.5. The van der Waals surface area contributed by atoms with Crippen LogP contribution in [0.4, 0.5) is 4.79 Å². The van der Waals surface area contributed by atoms with Gasteiger partial charge in [0.05, 0.1) is 6.61 Å². The van der Waals surface area contributed by atoms with Crippen molar-refractivity contribution in [2.75, 3.05) is 19.7 Å². The zero-order valence-corrected chi connectivity index (χ0v) is 13.6. The molecule has 3 amide bonds. The van der Waals surface area contributed by atoms with Crippen molar-refractivity contribution in [3.8, 4) is 0 Å². The molecule has 1 atom stereocenters. The van der Waals surface area contributed by atoms with Crippen LogP contribution in [0.2, 0.25) is 0 Å². The van der Waals surface area contributed by atoms with Crippen molar-refractivity contribution in [3.05, 3.63) is 11.6 Å². The topological polar surface area (TPSA) is 66.9 Å². The first kappa shape index (κ1) is 16.5. The van der Waals surface area contributed by atoms with Gasteiger partial charge >= 0.3 is 12.0 Å². The van der Waals surface area contributed by atoms with Gasteiger partial charge in [0.15, 0.2) is 0 Å². The van der Waals surface area contributed by atoms with Crippen molar-refractivity contribution in [2.24, 2.45) is 0 Å². The molecule has 0 aromatic rings. The number of rotatable bonds is 4. The van der Waals surface area contributed by atoms with Gasteiger partial charge in [-0.25, -0.2) is 9.59 Å². The molecule has 1 unspecified atom stereocenters. The highest BCUT2D eigenvalue weighted by Gasteiger charge is 2.52. The Hall–Kier alpha value is -1.85. The molecule has 0 aliphatic carbocycles. The predicted octanol–water partition coefficient (Wildman–Crippen LogP) is 2.09.